The van der Waals surface area contributed by atoms with Crippen LogP contribution < -0.4 is 40.0 Å². The number of ether oxygens (including phenoxy) is 7. The Labute approximate surface area is 739 Å². The molecule has 5 aliphatic rings. The van der Waals surface area contributed by atoms with E-state index < -0.39 is 17.5 Å². The maximum absolute atomic E-state index is 12.4. The number of allylic oxidation sites excluding steroid dienone is 1. The van der Waals surface area contributed by atoms with E-state index in [1.807, 2.05) is 284 Å². The first-order chi connectivity index (χ1) is 57.7. The molecule has 8 atom stereocenters. The lowest BCUT2D eigenvalue weighted by Gasteiger charge is -2.24. The standard InChI is InChI=1S/2C22H18ClNO3.C12H8ClIO.2C10H11NO2.C9H10.C5H6Cl2N2O2.C4H11N/c1-15-21(16-5-3-2-4-6-16)24(22(25)26-15)18-9-13-20(14-10-18)27-19-11-7-17(23)8-12-19;1-15-21(16-5-3-2-4-6-16)27-22(25)24(15)18-9-13-20(14-10-18)26-19-11-7-17(23)8-12-19;13-9-1-5-11(6-2-9)15-12-7-3-10(14)4-8-12;1-7-9(11-10(12)13-7)8-5-3-2-4-6-8;1-7-9(13-10(12)11-7)8-5-3-2-4-6-8;1-2-6-9-7-4-3-5-8-9;1-5(2)3(10)8(6)4(11)9(5)7;1-3-4-5-2/h2*2-15,21H,1H3;1-8H;2*2-7,9H,1H3,(H,11,12);2-8H,1H3;1-2H3;5H,3-4H2,1-2H3/b;;;;;6-2+;;/t2*15-,21+;;2*7-,9+;;;/m00.00.../s1. The van der Waals surface area contributed by atoms with Crippen LogP contribution in [0.15, 0.2) is 303 Å². The summed E-state index contributed by atoms with van der Waals surface area (Å²) < 4.78 is 40.9. The number of halogens is 6. The van der Waals surface area contributed by atoms with Gasteiger partial charge in [0.15, 0.2) is 0 Å². The highest BCUT2D eigenvalue weighted by Gasteiger charge is 2.51. The van der Waals surface area contributed by atoms with Crippen molar-refractivity contribution in [3.8, 4) is 34.5 Å². The maximum Gasteiger partial charge on any atom is 0.415 e. The fourth-order valence-electron chi connectivity index (χ4n) is 12.4. The average Bonchev–Trinajstić information content (AvgIpc) is 1.53. The van der Waals surface area contributed by atoms with E-state index >= 15 is 0 Å². The fraction of sp³-hybridized carbons (Fsp3) is 0.213. The van der Waals surface area contributed by atoms with Crippen LogP contribution in [0.1, 0.15) is 114 Å². The van der Waals surface area contributed by atoms with Gasteiger partial charge < -0.3 is 49.1 Å². The summed E-state index contributed by atoms with van der Waals surface area (Å²) in [6, 6.07) is 92.9. The van der Waals surface area contributed by atoms with Crippen molar-refractivity contribution in [3.05, 3.63) is 350 Å². The maximum atomic E-state index is 12.4. The summed E-state index contributed by atoms with van der Waals surface area (Å²) in [7, 11) is 1.96. The first kappa shape index (κ1) is 92.6. The first-order valence-corrected chi connectivity index (χ1v) is 41.4. The molecule has 120 heavy (non-hydrogen) atoms. The van der Waals surface area contributed by atoms with Gasteiger partial charge in [0, 0.05) is 53.6 Å². The zero-order valence-corrected chi connectivity index (χ0v) is 73.3. The van der Waals surface area contributed by atoms with Gasteiger partial charge in [0.25, 0.3) is 5.91 Å². The molecule has 0 spiro atoms. The molecule has 624 valence electrons. The molecule has 5 aliphatic heterocycles. The molecule has 0 aliphatic carbocycles. The number of rotatable bonds is 15. The lowest BCUT2D eigenvalue weighted by atomic mass is 10.0. The molecule has 11 aromatic carbocycles. The quantitative estimate of drug-likeness (QED) is 0.0377. The zero-order chi connectivity index (χ0) is 86.3. The molecule has 20 nitrogen and oxygen atoms in total. The Balaban J connectivity index is 0.000000163. The van der Waals surface area contributed by atoms with Crippen molar-refractivity contribution in [2.45, 2.75) is 116 Å². The van der Waals surface area contributed by atoms with Crippen LogP contribution >= 0.6 is 80.9 Å². The minimum Gasteiger partial charge on any atom is -0.457 e. The van der Waals surface area contributed by atoms with Crippen LogP contribution in [0.2, 0.25) is 15.1 Å². The smallest absolute Gasteiger partial charge is 0.415 e. The molecule has 0 radical (unpaired) electrons. The monoisotopic (exact) mass is 1830 g/mol. The number of anilines is 2. The lowest BCUT2D eigenvalue weighted by molar-refractivity contribution is -0.127. The Morgan fingerprint density at radius 3 is 1.18 bits per heavy atom. The van der Waals surface area contributed by atoms with Crippen molar-refractivity contribution in [3.63, 3.8) is 0 Å². The molecule has 26 heteroatoms. The highest BCUT2D eigenvalue weighted by molar-refractivity contribution is 14.1. The second-order valence-electron chi connectivity index (χ2n) is 27.8. The predicted molar refractivity (Wildman–Crippen MR) is 484 cm³/mol. The van der Waals surface area contributed by atoms with Gasteiger partial charge in [-0.25, -0.2) is 28.4 Å². The van der Waals surface area contributed by atoms with E-state index in [1.165, 1.54) is 29.4 Å². The molecular formula is C94H93Cl5IN7O13. The van der Waals surface area contributed by atoms with E-state index in [2.05, 4.69) is 63.7 Å². The molecule has 3 N–H and O–H groups in total. The molecule has 11 aromatic rings. The first-order valence-electron chi connectivity index (χ1n) is 38.5. The molecule has 0 aromatic heterocycles. The molecule has 5 saturated heterocycles. The van der Waals surface area contributed by atoms with E-state index in [0.29, 0.717) is 42.5 Å². The lowest BCUT2D eigenvalue weighted by Crippen LogP contribution is -2.38. The van der Waals surface area contributed by atoms with Gasteiger partial charge in [-0.2, -0.15) is 4.42 Å². The number of alkyl carbamates (subject to hydrolysis) is 2. The number of imide groups is 1. The average molecular weight is 1830 g/mol. The van der Waals surface area contributed by atoms with Crippen LogP contribution in [-0.2, 0) is 23.7 Å². The molecule has 5 heterocycles. The van der Waals surface area contributed by atoms with E-state index in [1.54, 1.807) is 58.3 Å². The Morgan fingerprint density at radius 2 is 0.825 bits per heavy atom. The number of nitrogens with zero attached hydrogens (tertiary/aromatic N) is 4. The Kier molecular flexibility index (Phi) is 35.8. The number of hydrogen-bond donors (Lipinski definition) is 3. The Morgan fingerprint density at radius 1 is 0.450 bits per heavy atom. The van der Waals surface area contributed by atoms with Gasteiger partial charge in [-0.3, -0.25) is 14.6 Å². The van der Waals surface area contributed by atoms with E-state index in [4.69, 9.17) is 91.5 Å². The molecule has 0 saturated carbocycles. The summed E-state index contributed by atoms with van der Waals surface area (Å²) in [4.78, 5) is 72.0. The summed E-state index contributed by atoms with van der Waals surface area (Å²) in [5, 5.41) is 10.5. The molecule has 16 rings (SSSR count). The van der Waals surface area contributed by atoms with Gasteiger partial charge in [-0.15, -0.1) is 0 Å². The number of carbonyl (C=O) groups is 6. The zero-order valence-electron chi connectivity index (χ0n) is 67.3. The SMILES string of the molecule is C/C=C/c1ccccc1.CC1(C)C(=O)N(Cl)C(=O)N1Cl.CCCNC.C[C@@H]1NC(=O)O[C@H]1c1ccccc1.C[C@@H]1OC(=O)N(c2ccc(Oc3ccc(Cl)cc3)cc2)[C@H]1c1ccccc1.C[C@@H]1OC(=O)N[C@H]1c1ccccc1.C[C@H]1[C@H](c2ccccc2)OC(=O)N1c1ccc(Oc2ccc(Cl)cc2)cc1.Clc1ccc(Oc2ccc(I)cc2)cc1. The second-order valence-corrected chi connectivity index (χ2v) is 31.0. The van der Waals surface area contributed by atoms with Crippen molar-refractivity contribution in [2.24, 2.45) is 0 Å². The topological polar surface area (TPSA) is 216 Å². The van der Waals surface area contributed by atoms with Crippen molar-refractivity contribution in [2.75, 3.05) is 23.4 Å². The van der Waals surface area contributed by atoms with Crippen LogP contribution in [0.3, 0.4) is 0 Å². The van der Waals surface area contributed by atoms with Gasteiger partial charge in [-0.1, -0.05) is 206 Å². The number of urea groups is 1. The van der Waals surface area contributed by atoms with Crippen molar-refractivity contribution in [1.29, 1.82) is 0 Å². The summed E-state index contributed by atoms with van der Waals surface area (Å²) >= 11 is 30.6. The predicted octanol–water partition coefficient (Wildman–Crippen LogP) is 25.6. The summed E-state index contributed by atoms with van der Waals surface area (Å²) in [6.07, 6.45) is 3.25. The summed E-state index contributed by atoms with van der Waals surface area (Å²) in [6.45, 7) is 16.1. The number of nitrogens with one attached hydrogen (secondary N) is 3. The van der Waals surface area contributed by atoms with Crippen LogP contribution in [0.25, 0.3) is 6.08 Å². The highest BCUT2D eigenvalue weighted by atomic mass is 127. The third-order valence-electron chi connectivity index (χ3n) is 18.5. The Hall–Kier alpha value is -11.3. The van der Waals surface area contributed by atoms with Gasteiger partial charge >= 0.3 is 30.4 Å². The van der Waals surface area contributed by atoms with E-state index in [0.717, 1.165) is 56.1 Å². The van der Waals surface area contributed by atoms with Crippen molar-refractivity contribution in [1.82, 2.24) is 24.8 Å². The molecular weight excluding hydrogens is 1740 g/mol. The van der Waals surface area contributed by atoms with Crippen LogP contribution in [-0.4, -0.2) is 88.6 Å². The van der Waals surface area contributed by atoms with E-state index in [-0.39, 0.29) is 73.0 Å². The minimum absolute atomic E-state index is 0.00583. The number of carbonyl (C=O) groups excluding carboxylic acids is 6. The van der Waals surface area contributed by atoms with Gasteiger partial charge in [0.05, 0.1) is 18.1 Å². The number of hydrogen-bond acceptors (Lipinski definition) is 14. The van der Waals surface area contributed by atoms with Gasteiger partial charge in [0.2, 0.25) is 0 Å². The van der Waals surface area contributed by atoms with Crippen molar-refractivity contribution >= 4 is 135 Å². The molecule has 0 unspecified atom stereocenters. The largest absolute Gasteiger partial charge is 0.457 e. The van der Waals surface area contributed by atoms with Crippen LogP contribution in [0, 0.1) is 3.57 Å². The normalized spacial score (nSPS) is 18.9. The van der Waals surface area contributed by atoms with Crippen molar-refractivity contribution < 1.29 is 61.9 Å². The number of cyclic esters (lactones) is 4. The van der Waals surface area contributed by atoms with Crippen LogP contribution in [0.5, 0.6) is 34.5 Å². The molecule has 7 amide bonds. The summed E-state index contributed by atoms with van der Waals surface area (Å²) in [5.41, 5.74) is 5.91. The highest BCUT2D eigenvalue weighted by Crippen LogP contribution is 2.41. The Bertz CT molecular complexity index is 4960. The van der Waals surface area contributed by atoms with E-state index in [9.17, 15) is 28.8 Å². The third-order valence-corrected chi connectivity index (χ3v) is 20.8. The minimum atomic E-state index is -1.04. The third kappa shape index (κ3) is 27.1. The molecule has 0 bridgehead atoms. The molecule has 5 fully saturated rings. The fourth-order valence-corrected chi connectivity index (χ4v) is 13.6. The van der Waals surface area contributed by atoms with Gasteiger partial charge in [0.1, 0.15) is 70.5 Å². The second kappa shape index (κ2) is 46.3. The number of benzene rings is 11. The van der Waals surface area contributed by atoms with Gasteiger partial charge in [-0.05, 0) is 264 Å². The van der Waals surface area contributed by atoms with Crippen LogP contribution in [0.4, 0.5) is 35.3 Å². The number of amides is 7. The summed E-state index contributed by atoms with van der Waals surface area (Å²) in [5.74, 6) is 3.87.